The maximum atomic E-state index is 13.1. The Morgan fingerprint density at radius 1 is 1.00 bits per heavy atom. The summed E-state index contributed by atoms with van der Waals surface area (Å²) in [5, 5.41) is 18.8. The Kier molecular flexibility index (Phi) is 10.3. The maximum Gasteiger partial charge on any atom is 0.348 e. The van der Waals surface area contributed by atoms with Crippen LogP contribution in [-0.2, 0) is 27.3 Å². The van der Waals surface area contributed by atoms with E-state index in [1.807, 2.05) is 6.07 Å². The average molecular weight is 562 g/mol. The topological polar surface area (TPSA) is 140 Å². The number of carboxylic acid groups (broad SMARTS) is 1. The number of ketones is 1. The van der Waals surface area contributed by atoms with Crippen molar-refractivity contribution in [3.05, 3.63) is 91.7 Å². The number of esters is 2. The number of rotatable bonds is 12. The maximum absolute atomic E-state index is 13.1. The van der Waals surface area contributed by atoms with Crippen molar-refractivity contribution >= 4 is 41.1 Å². The normalized spacial score (nSPS) is 10.9. The molecule has 0 amide bonds. The molecule has 0 fully saturated rings. The number of Topliss-reactive ketones (excluding diaryl/α,β-unsaturated/α-hetero) is 1. The van der Waals surface area contributed by atoms with E-state index in [0.29, 0.717) is 27.3 Å². The summed E-state index contributed by atoms with van der Waals surface area (Å²) < 4.78 is 15.9. The summed E-state index contributed by atoms with van der Waals surface area (Å²) in [6.07, 6.45) is 1.16. The van der Waals surface area contributed by atoms with Gasteiger partial charge in [0.05, 0.1) is 29.9 Å². The van der Waals surface area contributed by atoms with E-state index in [-0.39, 0.29) is 47.8 Å². The minimum absolute atomic E-state index is 0.119. The first kappa shape index (κ1) is 29.8. The molecular weight excluding hydrogens is 534 g/mol. The lowest BCUT2D eigenvalue weighted by Gasteiger charge is -2.07. The molecule has 0 radical (unpaired) electrons. The molecule has 206 valence electrons. The highest BCUT2D eigenvalue weighted by molar-refractivity contribution is 7.14. The largest absolute Gasteiger partial charge is 0.489 e. The van der Waals surface area contributed by atoms with Crippen molar-refractivity contribution < 1.29 is 38.5 Å². The molecule has 1 N–H and O–H groups in total. The Morgan fingerprint density at radius 3 is 2.30 bits per heavy atom. The average Bonchev–Trinajstić information content (AvgIpc) is 3.27. The summed E-state index contributed by atoms with van der Waals surface area (Å²) in [6, 6.07) is 15.0. The van der Waals surface area contributed by atoms with Gasteiger partial charge in [0.25, 0.3) is 0 Å². The van der Waals surface area contributed by atoms with Gasteiger partial charge in [0.15, 0.2) is 5.78 Å². The zero-order chi connectivity index (χ0) is 29.2. The van der Waals surface area contributed by atoms with Crippen LogP contribution in [0.5, 0.6) is 5.75 Å². The molecule has 2 aromatic carbocycles. The monoisotopic (exact) mass is 561 g/mol. The molecule has 40 heavy (non-hydrogen) atoms. The van der Waals surface area contributed by atoms with Crippen LogP contribution in [0.3, 0.4) is 0 Å². The van der Waals surface area contributed by atoms with Crippen molar-refractivity contribution in [3.8, 4) is 11.8 Å². The van der Waals surface area contributed by atoms with E-state index in [2.05, 4.69) is 0 Å². The van der Waals surface area contributed by atoms with Crippen LogP contribution < -0.4 is 4.74 Å². The van der Waals surface area contributed by atoms with Gasteiger partial charge >= 0.3 is 17.9 Å². The number of nitrogens with zero attached hydrogens (tertiary/aromatic N) is 1. The van der Waals surface area contributed by atoms with Crippen LogP contribution in [0.25, 0.3) is 6.08 Å². The molecule has 0 atom stereocenters. The van der Waals surface area contributed by atoms with Crippen LogP contribution in [0.15, 0.2) is 54.1 Å². The van der Waals surface area contributed by atoms with Crippen LogP contribution in [0.1, 0.15) is 65.8 Å². The third-order valence-corrected chi connectivity index (χ3v) is 6.94. The second kappa shape index (κ2) is 13.9. The Morgan fingerprint density at radius 2 is 1.68 bits per heavy atom. The minimum atomic E-state index is -1.02. The summed E-state index contributed by atoms with van der Waals surface area (Å²) in [6.45, 7) is 5.35. The van der Waals surface area contributed by atoms with Gasteiger partial charge in [-0.25, -0.2) is 14.4 Å². The smallest absolute Gasteiger partial charge is 0.348 e. The lowest BCUT2D eigenvalue weighted by molar-refractivity contribution is -0.114. The summed E-state index contributed by atoms with van der Waals surface area (Å²) in [5.41, 5.74) is 1.81. The molecule has 0 saturated heterocycles. The predicted molar refractivity (Wildman–Crippen MR) is 147 cm³/mol. The number of carboxylic acids is 1. The first-order chi connectivity index (χ1) is 19.2. The lowest BCUT2D eigenvalue weighted by atomic mass is 10.0. The molecule has 10 heteroatoms. The van der Waals surface area contributed by atoms with Gasteiger partial charge in [0, 0.05) is 11.3 Å². The van der Waals surface area contributed by atoms with Crippen LogP contribution in [0.4, 0.5) is 0 Å². The second-order valence-electron chi connectivity index (χ2n) is 8.43. The zero-order valence-electron chi connectivity index (χ0n) is 22.2. The van der Waals surface area contributed by atoms with E-state index in [1.54, 1.807) is 57.2 Å². The molecular formula is C30H27NO8S. The summed E-state index contributed by atoms with van der Waals surface area (Å²) >= 11 is 0.977. The summed E-state index contributed by atoms with van der Waals surface area (Å²) in [7, 11) is 0. The number of aromatic carboxylic acids is 1. The molecule has 0 spiro atoms. The van der Waals surface area contributed by atoms with E-state index in [4.69, 9.17) is 19.3 Å². The molecule has 3 rings (SSSR count). The van der Waals surface area contributed by atoms with E-state index in [1.165, 1.54) is 18.2 Å². The molecule has 1 aromatic heterocycles. The van der Waals surface area contributed by atoms with Gasteiger partial charge in [0.2, 0.25) is 0 Å². The van der Waals surface area contributed by atoms with E-state index < -0.39 is 23.7 Å². The van der Waals surface area contributed by atoms with Crippen molar-refractivity contribution in [1.29, 1.82) is 5.26 Å². The number of carbonyl (C=O) groups is 4. The number of nitriles is 1. The predicted octanol–water partition coefficient (Wildman–Crippen LogP) is 5.41. The number of allylic oxidation sites excluding steroid dienone is 1. The van der Waals surface area contributed by atoms with Crippen molar-refractivity contribution in [1.82, 2.24) is 0 Å². The van der Waals surface area contributed by atoms with E-state index in [0.717, 1.165) is 11.3 Å². The van der Waals surface area contributed by atoms with Crippen molar-refractivity contribution in [3.63, 3.8) is 0 Å². The fraction of sp³-hybridized carbons (Fsp3) is 0.233. The number of thiophene rings is 1. The zero-order valence-corrected chi connectivity index (χ0v) is 23.0. The van der Waals surface area contributed by atoms with Crippen LogP contribution in [-0.4, -0.2) is 42.0 Å². The first-order valence-electron chi connectivity index (χ1n) is 12.3. The quantitative estimate of drug-likeness (QED) is 0.175. The molecule has 9 nitrogen and oxygen atoms in total. The minimum Gasteiger partial charge on any atom is -0.489 e. The summed E-state index contributed by atoms with van der Waals surface area (Å²) in [4.78, 5) is 49.7. The SMILES string of the molecule is CCOC(=O)c1sc(CC(=O)/C(C#N)=C/c2ccc(OCc3cccc(C(=O)O)c3)cc2)c(C(=O)OCC)c1C. The van der Waals surface area contributed by atoms with Crippen molar-refractivity contribution in [2.75, 3.05) is 13.2 Å². The van der Waals surface area contributed by atoms with Gasteiger partial charge in [0.1, 0.15) is 23.3 Å². The highest BCUT2D eigenvalue weighted by atomic mass is 32.1. The van der Waals surface area contributed by atoms with Crippen LogP contribution in [0, 0.1) is 18.3 Å². The van der Waals surface area contributed by atoms with Crippen molar-refractivity contribution in [2.45, 2.75) is 33.8 Å². The van der Waals surface area contributed by atoms with Crippen LogP contribution in [0.2, 0.25) is 0 Å². The number of carbonyl (C=O) groups excluding carboxylic acids is 3. The Labute approximate surface area is 235 Å². The molecule has 0 aliphatic heterocycles. The molecule has 0 aliphatic rings. The van der Waals surface area contributed by atoms with E-state index >= 15 is 0 Å². The highest BCUT2D eigenvalue weighted by Gasteiger charge is 2.28. The molecule has 0 bridgehead atoms. The van der Waals surface area contributed by atoms with Crippen LogP contribution >= 0.6 is 11.3 Å². The fourth-order valence-electron chi connectivity index (χ4n) is 3.76. The number of ether oxygens (including phenoxy) is 3. The molecule has 0 saturated carbocycles. The molecule has 3 aromatic rings. The third kappa shape index (κ3) is 7.42. The first-order valence-corrected chi connectivity index (χ1v) is 13.2. The van der Waals surface area contributed by atoms with Gasteiger partial charge in [-0.2, -0.15) is 5.26 Å². The number of benzene rings is 2. The van der Waals surface area contributed by atoms with Gasteiger partial charge in [-0.1, -0.05) is 24.3 Å². The number of hydrogen-bond donors (Lipinski definition) is 1. The highest BCUT2D eigenvalue weighted by Crippen LogP contribution is 2.31. The van der Waals surface area contributed by atoms with Gasteiger partial charge in [-0.3, -0.25) is 4.79 Å². The Hall–Kier alpha value is -4.75. The molecule has 0 aliphatic carbocycles. The molecule has 1 heterocycles. The standard InChI is InChI=1S/C30H27NO8S/c1-4-37-29(35)26-18(3)27(30(36)38-5-2)40-25(26)15-24(32)22(16-31)13-19-9-11-23(12-10-19)39-17-20-7-6-8-21(14-20)28(33)34/h6-14H,4-5,15,17H2,1-3H3,(H,33,34)/b22-13+. The second-order valence-corrected chi connectivity index (χ2v) is 9.53. The van der Waals surface area contributed by atoms with Gasteiger partial charge in [-0.05, 0) is 67.8 Å². The Balaban J connectivity index is 1.77. The van der Waals surface area contributed by atoms with Crippen molar-refractivity contribution in [2.24, 2.45) is 0 Å². The van der Waals surface area contributed by atoms with E-state index in [9.17, 15) is 24.4 Å². The fourth-order valence-corrected chi connectivity index (χ4v) is 4.95. The Bertz CT molecular complexity index is 1490. The van der Waals surface area contributed by atoms with Gasteiger partial charge in [-0.15, -0.1) is 11.3 Å². The number of hydrogen-bond acceptors (Lipinski definition) is 9. The third-order valence-electron chi connectivity index (χ3n) is 5.67. The van der Waals surface area contributed by atoms with Gasteiger partial charge < -0.3 is 19.3 Å². The molecule has 0 unspecified atom stereocenters. The lowest BCUT2D eigenvalue weighted by Crippen LogP contribution is -2.12. The summed E-state index contributed by atoms with van der Waals surface area (Å²) in [5.74, 6) is -2.28.